The molecule has 0 radical (unpaired) electrons. The van der Waals surface area contributed by atoms with E-state index in [1.54, 1.807) is 18.2 Å². The van der Waals surface area contributed by atoms with Crippen LogP contribution in [-0.4, -0.2) is 38.0 Å². The predicted octanol–water partition coefficient (Wildman–Crippen LogP) is 1.06. The minimum Gasteiger partial charge on any atom is -0.396 e. The SMILES string of the molecule is OCCC(O)C(O)c1ccc2ncc(Cl)nc2c1. The Kier molecular flexibility index (Phi) is 4.08. The molecule has 0 spiro atoms. The fourth-order valence-electron chi connectivity index (χ4n) is 1.70. The van der Waals surface area contributed by atoms with Crippen LogP contribution in [-0.2, 0) is 0 Å². The first-order valence-electron chi connectivity index (χ1n) is 5.51. The number of fused-ring (bicyclic) bond motifs is 1. The summed E-state index contributed by atoms with van der Waals surface area (Å²) in [6.45, 7) is -0.183. The summed E-state index contributed by atoms with van der Waals surface area (Å²) in [5.74, 6) is 0. The van der Waals surface area contributed by atoms with Gasteiger partial charge in [-0.2, -0.15) is 0 Å². The number of aromatic nitrogens is 2. The molecule has 6 heteroatoms. The normalized spacial score (nSPS) is 14.7. The Bertz CT molecular complexity index is 550. The number of benzene rings is 1. The third-order valence-electron chi connectivity index (χ3n) is 2.67. The second-order valence-electron chi connectivity index (χ2n) is 3.97. The largest absolute Gasteiger partial charge is 0.396 e. The fraction of sp³-hybridized carbons (Fsp3) is 0.333. The van der Waals surface area contributed by atoms with Gasteiger partial charge in [0.1, 0.15) is 11.3 Å². The van der Waals surface area contributed by atoms with Crippen molar-refractivity contribution in [2.45, 2.75) is 18.6 Å². The van der Waals surface area contributed by atoms with Crippen molar-refractivity contribution in [3.05, 3.63) is 35.1 Å². The molecule has 2 aromatic rings. The Hall–Kier alpha value is -1.27. The lowest BCUT2D eigenvalue weighted by molar-refractivity contribution is 0.00428. The van der Waals surface area contributed by atoms with Gasteiger partial charge in [-0.15, -0.1) is 0 Å². The van der Waals surface area contributed by atoms with Crippen LogP contribution in [0.5, 0.6) is 0 Å². The van der Waals surface area contributed by atoms with Crippen LogP contribution in [0.1, 0.15) is 18.1 Å². The molecule has 2 rings (SSSR count). The predicted molar refractivity (Wildman–Crippen MR) is 67.2 cm³/mol. The summed E-state index contributed by atoms with van der Waals surface area (Å²) >= 11 is 5.74. The summed E-state index contributed by atoms with van der Waals surface area (Å²) in [5, 5.41) is 28.5. The molecule has 0 aliphatic carbocycles. The third kappa shape index (κ3) is 2.76. The van der Waals surface area contributed by atoms with Gasteiger partial charge in [0.2, 0.25) is 0 Å². The number of halogens is 1. The Morgan fingerprint density at radius 3 is 2.72 bits per heavy atom. The third-order valence-corrected chi connectivity index (χ3v) is 2.85. The average Bonchev–Trinajstić information content (AvgIpc) is 2.37. The van der Waals surface area contributed by atoms with Crippen molar-refractivity contribution in [1.29, 1.82) is 0 Å². The van der Waals surface area contributed by atoms with E-state index in [0.717, 1.165) is 0 Å². The summed E-state index contributed by atoms with van der Waals surface area (Å²) in [7, 11) is 0. The van der Waals surface area contributed by atoms with Crippen molar-refractivity contribution in [2.24, 2.45) is 0 Å². The maximum Gasteiger partial charge on any atom is 0.148 e. The van der Waals surface area contributed by atoms with E-state index in [4.69, 9.17) is 16.7 Å². The highest BCUT2D eigenvalue weighted by molar-refractivity contribution is 6.29. The molecule has 0 saturated carbocycles. The van der Waals surface area contributed by atoms with Crippen LogP contribution in [0.15, 0.2) is 24.4 Å². The lowest BCUT2D eigenvalue weighted by Crippen LogP contribution is -2.19. The van der Waals surface area contributed by atoms with E-state index in [2.05, 4.69) is 9.97 Å². The van der Waals surface area contributed by atoms with E-state index in [9.17, 15) is 10.2 Å². The summed E-state index contributed by atoms with van der Waals surface area (Å²) in [6.07, 6.45) is -0.525. The van der Waals surface area contributed by atoms with Crippen LogP contribution >= 0.6 is 11.6 Å². The molecule has 18 heavy (non-hydrogen) atoms. The first-order valence-corrected chi connectivity index (χ1v) is 5.89. The highest BCUT2D eigenvalue weighted by Crippen LogP contribution is 2.22. The van der Waals surface area contributed by atoms with Gasteiger partial charge in [-0.3, -0.25) is 4.98 Å². The van der Waals surface area contributed by atoms with Crippen LogP contribution in [0.25, 0.3) is 11.0 Å². The highest BCUT2D eigenvalue weighted by atomic mass is 35.5. The molecule has 0 fully saturated rings. The van der Waals surface area contributed by atoms with Crippen molar-refractivity contribution in [2.75, 3.05) is 6.61 Å². The van der Waals surface area contributed by atoms with Crippen LogP contribution in [0.2, 0.25) is 5.15 Å². The summed E-state index contributed by atoms with van der Waals surface area (Å²) in [5.41, 5.74) is 1.72. The topological polar surface area (TPSA) is 86.5 Å². The monoisotopic (exact) mass is 268 g/mol. The molecule has 3 N–H and O–H groups in total. The van der Waals surface area contributed by atoms with Crippen molar-refractivity contribution in [3.8, 4) is 0 Å². The van der Waals surface area contributed by atoms with E-state index < -0.39 is 12.2 Å². The molecule has 96 valence electrons. The molecule has 2 unspecified atom stereocenters. The minimum atomic E-state index is -1.07. The summed E-state index contributed by atoms with van der Waals surface area (Å²) in [4.78, 5) is 8.17. The van der Waals surface area contributed by atoms with E-state index in [1.807, 2.05) is 0 Å². The van der Waals surface area contributed by atoms with Crippen molar-refractivity contribution in [1.82, 2.24) is 9.97 Å². The van der Waals surface area contributed by atoms with E-state index in [0.29, 0.717) is 16.6 Å². The number of nitrogens with zero attached hydrogens (tertiary/aromatic N) is 2. The molecular formula is C12H13ClN2O3. The smallest absolute Gasteiger partial charge is 0.148 e. The maximum absolute atomic E-state index is 9.91. The first kappa shape index (κ1) is 13.2. The van der Waals surface area contributed by atoms with Gasteiger partial charge in [0.25, 0.3) is 0 Å². The molecule has 0 aliphatic heterocycles. The minimum absolute atomic E-state index is 0.112. The zero-order valence-corrected chi connectivity index (χ0v) is 10.2. The van der Waals surface area contributed by atoms with Crippen LogP contribution < -0.4 is 0 Å². The molecule has 0 aliphatic rings. The molecular weight excluding hydrogens is 256 g/mol. The number of rotatable bonds is 4. The lowest BCUT2D eigenvalue weighted by atomic mass is 10.0. The molecule has 5 nitrogen and oxygen atoms in total. The van der Waals surface area contributed by atoms with Gasteiger partial charge in [-0.05, 0) is 24.1 Å². The van der Waals surface area contributed by atoms with Gasteiger partial charge in [0.15, 0.2) is 0 Å². The number of aliphatic hydroxyl groups is 3. The van der Waals surface area contributed by atoms with Gasteiger partial charge in [0, 0.05) is 6.61 Å². The molecule has 2 atom stereocenters. The first-order chi connectivity index (χ1) is 8.61. The number of hydrogen-bond donors (Lipinski definition) is 3. The average molecular weight is 269 g/mol. The lowest BCUT2D eigenvalue weighted by Gasteiger charge is -2.17. The Morgan fingerprint density at radius 1 is 1.22 bits per heavy atom. The Balaban J connectivity index is 2.34. The maximum atomic E-state index is 9.91. The van der Waals surface area contributed by atoms with Gasteiger partial charge < -0.3 is 15.3 Å². The van der Waals surface area contributed by atoms with Crippen LogP contribution in [0.4, 0.5) is 0 Å². The van der Waals surface area contributed by atoms with Crippen molar-refractivity contribution in [3.63, 3.8) is 0 Å². The molecule has 1 aromatic heterocycles. The molecule has 0 bridgehead atoms. The van der Waals surface area contributed by atoms with Gasteiger partial charge in [-0.1, -0.05) is 17.7 Å². The van der Waals surface area contributed by atoms with E-state index in [-0.39, 0.29) is 18.2 Å². The van der Waals surface area contributed by atoms with Gasteiger partial charge >= 0.3 is 0 Å². The van der Waals surface area contributed by atoms with E-state index >= 15 is 0 Å². The molecule has 1 heterocycles. The second kappa shape index (κ2) is 5.58. The van der Waals surface area contributed by atoms with Crippen molar-refractivity contribution >= 4 is 22.6 Å². The zero-order valence-electron chi connectivity index (χ0n) is 9.49. The summed E-state index contributed by atoms with van der Waals surface area (Å²) < 4.78 is 0. The molecule has 0 amide bonds. The number of aliphatic hydroxyl groups excluding tert-OH is 3. The number of hydrogen-bond acceptors (Lipinski definition) is 5. The zero-order chi connectivity index (χ0) is 13.1. The standard InChI is InChI=1S/C12H13ClN2O3/c13-11-6-14-8-2-1-7(5-9(8)15-11)12(18)10(17)3-4-16/h1-2,5-6,10,12,16-18H,3-4H2. The Morgan fingerprint density at radius 2 is 2.00 bits per heavy atom. The quantitative estimate of drug-likeness (QED) is 0.772. The second-order valence-corrected chi connectivity index (χ2v) is 4.35. The van der Waals surface area contributed by atoms with Gasteiger partial charge in [0.05, 0.1) is 23.3 Å². The highest BCUT2D eigenvalue weighted by Gasteiger charge is 2.18. The Labute approximate surface area is 109 Å². The fourth-order valence-corrected chi connectivity index (χ4v) is 1.84. The van der Waals surface area contributed by atoms with Crippen LogP contribution in [0.3, 0.4) is 0 Å². The molecule has 1 aromatic carbocycles. The van der Waals surface area contributed by atoms with Crippen molar-refractivity contribution < 1.29 is 15.3 Å². The molecule has 0 saturated heterocycles. The van der Waals surface area contributed by atoms with Crippen LogP contribution in [0, 0.1) is 0 Å². The van der Waals surface area contributed by atoms with E-state index in [1.165, 1.54) is 6.20 Å². The van der Waals surface area contributed by atoms with Gasteiger partial charge in [-0.25, -0.2) is 4.98 Å². The summed E-state index contributed by atoms with van der Waals surface area (Å²) in [6, 6.07) is 4.98.